The van der Waals surface area contributed by atoms with Gasteiger partial charge in [-0.25, -0.2) is 4.98 Å². The fourth-order valence-corrected chi connectivity index (χ4v) is 3.26. The summed E-state index contributed by atoms with van der Waals surface area (Å²) in [5.41, 5.74) is 4.33. The molecule has 0 aliphatic heterocycles. The molecule has 0 radical (unpaired) electrons. The van der Waals surface area contributed by atoms with E-state index < -0.39 is 0 Å². The van der Waals surface area contributed by atoms with Gasteiger partial charge >= 0.3 is 0 Å². The van der Waals surface area contributed by atoms with Gasteiger partial charge in [0, 0.05) is 11.8 Å². The number of ether oxygens (including phenoxy) is 1. The standard InChI is InChI=1S/C23H21N3O2/c1-16-12-13-20-24-22(18-10-6-7-11-19(18)28-2)23(26(20)15-16)25-21(27)14-17-8-4-3-5-9-17/h3-13,15H,14H2,1-2H3,(H,25,27). The zero-order valence-electron chi connectivity index (χ0n) is 15.8. The van der Waals surface area contributed by atoms with E-state index in [2.05, 4.69) is 5.32 Å². The Kier molecular flexibility index (Phi) is 4.81. The molecule has 0 saturated heterocycles. The number of aryl methyl sites for hydroxylation is 1. The molecular formula is C23H21N3O2. The summed E-state index contributed by atoms with van der Waals surface area (Å²) in [4.78, 5) is 17.5. The number of rotatable bonds is 5. The molecule has 5 heteroatoms. The highest BCUT2D eigenvalue weighted by atomic mass is 16.5. The molecule has 4 rings (SSSR count). The number of imidazole rings is 1. The third-order valence-corrected chi connectivity index (χ3v) is 4.59. The molecule has 0 fully saturated rings. The Labute approximate surface area is 163 Å². The second kappa shape index (κ2) is 7.56. The average molecular weight is 371 g/mol. The summed E-state index contributed by atoms with van der Waals surface area (Å²) in [6.07, 6.45) is 2.27. The fourth-order valence-electron chi connectivity index (χ4n) is 3.26. The first-order chi connectivity index (χ1) is 13.7. The second-order valence-corrected chi connectivity index (χ2v) is 6.65. The first-order valence-corrected chi connectivity index (χ1v) is 9.11. The van der Waals surface area contributed by atoms with Crippen LogP contribution in [0.3, 0.4) is 0 Å². The normalized spacial score (nSPS) is 10.8. The molecule has 0 saturated carbocycles. The van der Waals surface area contributed by atoms with E-state index in [0.717, 1.165) is 22.3 Å². The number of benzene rings is 2. The van der Waals surface area contributed by atoms with Crippen LogP contribution in [0.4, 0.5) is 5.82 Å². The molecule has 28 heavy (non-hydrogen) atoms. The molecule has 1 N–H and O–H groups in total. The Balaban J connectivity index is 1.79. The second-order valence-electron chi connectivity index (χ2n) is 6.65. The lowest BCUT2D eigenvalue weighted by molar-refractivity contribution is -0.115. The lowest BCUT2D eigenvalue weighted by Crippen LogP contribution is -2.16. The summed E-state index contributed by atoms with van der Waals surface area (Å²) in [5, 5.41) is 3.07. The monoisotopic (exact) mass is 371 g/mol. The topological polar surface area (TPSA) is 55.6 Å². The fraction of sp³-hybridized carbons (Fsp3) is 0.130. The number of amides is 1. The zero-order chi connectivity index (χ0) is 19.5. The van der Waals surface area contributed by atoms with E-state index in [1.807, 2.05) is 84.3 Å². The summed E-state index contributed by atoms with van der Waals surface area (Å²) < 4.78 is 7.43. The molecule has 2 aromatic carbocycles. The maximum atomic E-state index is 12.8. The van der Waals surface area contributed by atoms with E-state index in [9.17, 15) is 4.79 Å². The minimum absolute atomic E-state index is 0.0920. The van der Waals surface area contributed by atoms with E-state index in [1.54, 1.807) is 7.11 Å². The summed E-state index contributed by atoms with van der Waals surface area (Å²) in [6.45, 7) is 2.01. The van der Waals surface area contributed by atoms with E-state index in [0.29, 0.717) is 23.7 Å². The smallest absolute Gasteiger partial charge is 0.229 e. The number of hydrogen-bond acceptors (Lipinski definition) is 3. The van der Waals surface area contributed by atoms with E-state index in [1.165, 1.54) is 0 Å². The van der Waals surface area contributed by atoms with Crippen LogP contribution in [-0.2, 0) is 11.2 Å². The quantitative estimate of drug-likeness (QED) is 0.562. The summed E-state index contributed by atoms with van der Waals surface area (Å²) in [5.74, 6) is 1.26. The van der Waals surface area contributed by atoms with Gasteiger partial charge in [0.25, 0.3) is 0 Å². The predicted octanol–water partition coefficient (Wildman–Crippen LogP) is 4.50. The van der Waals surface area contributed by atoms with E-state index in [-0.39, 0.29) is 5.91 Å². The first kappa shape index (κ1) is 17.8. The Bertz CT molecular complexity index is 1130. The molecule has 2 heterocycles. The number of nitrogens with one attached hydrogen (secondary N) is 1. The minimum atomic E-state index is -0.0920. The molecular weight excluding hydrogens is 350 g/mol. The molecule has 1 amide bonds. The van der Waals surface area contributed by atoms with Gasteiger partial charge in [-0.05, 0) is 36.2 Å². The molecule has 0 aliphatic carbocycles. The third kappa shape index (κ3) is 3.47. The molecule has 0 spiro atoms. The van der Waals surface area contributed by atoms with Gasteiger partial charge in [0.15, 0.2) is 0 Å². The van der Waals surface area contributed by atoms with Crippen LogP contribution in [0.1, 0.15) is 11.1 Å². The van der Waals surface area contributed by atoms with Crippen LogP contribution in [0.5, 0.6) is 5.75 Å². The Morgan fingerprint density at radius 1 is 1.04 bits per heavy atom. The van der Waals surface area contributed by atoms with Crippen LogP contribution < -0.4 is 10.1 Å². The number of fused-ring (bicyclic) bond motifs is 1. The van der Waals surface area contributed by atoms with Crippen LogP contribution in [0.2, 0.25) is 0 Å². The molecule has 0 unspecified atom stereocenters. The summed E-state index contributed by atoms with van der Waals surface area (Å²) >= 11 is 0. The largest absolute Gasteiger partial charge is 0.496 e. The number of pyridine rings is 1. The Hall–Kier alpha value is -3.60. The third-order valence-electron chi connectivity index (χ3n) is 4.59. The van der Waals surface area contributed by atoms with Crippen molar-refractivity contribution < 1.29 is 9.53 Å². The van der Waals surface area contributed by atoms with Crippen molar-refractivity contribution in [3.05, 3.63) is 84.1 Å². The Morgan fingerprint density at radius 3 is 2.57 bits per heavy atom. The molecule has 0 bridgehead atoms. The predicted molar refractivity (Wildman–Crippen MR) is 111 cm³/mol. The van der Waals surface area contributed by atoms with Crippen LogP contribution in [0.15, 0.2) is 72.9 Å². The van der Waals surface area contributed by atoms with Crippen molar-refractivity contribution in [1.82, 2.24) is 9.38 Å². The highest BCUT2D eigenvalue weighted by Gasteiger charge is 2.19. The van der Waals surface area contributed by atoms with Crippen molar-refractivity contribution >= 4 is 17.4 Å². The zero-order valence-corrected chi connectivity index (χ0v) is 15.8. The number of methoxy groups -OCH3 is 1. The minimum Gasteiger partial charge on any atom is -0.496 e. The van der Waals surface area contributed by atoms with Crippen molar-refractivity contribution in [3.63, 3.8) is 0 Å². The summed E-state index contributed by atoms with van der Waals surface area (Å²) in [7, 11) is 1.63. The van der Waals surface area contributed by atoms with Crippen molar-refractivity contribution in [1.29, 1.82) is 0 Å². The molecule has 140 valence electrons. The van der Waals surface area contributed by atoms with Gasteiger partial charge in [-0.3, -0.25) is 9.20 Å². The number of hydrogen-bond donors (Lipinski definition) is 1. The van der Waals surface area contributed by atoms with Crippen LogP contribution in [-0.4, -0.2) is 22.4 Å². The molecule has 4 aromatic rings. The lowest BCUT2D eigenvalue weighted by Gasteiger charge is -2.10. The van der Waals surface area contributed by atoms with Crippen molar-refractivity contribution in [2.75, 3.05) is 12.4 Å². The Morgan fingerprint density at radius 2 is 1.79 bits per heavy atom. The van der Waals surface area contributed by atoms with Crippen LogP contribution >= 0.6 is 0 Å². The summed E-state index contributed by atoms with van der Waals surface area (Å²) in [6, 6.07) is 21.3. The maximum absolute atomic E-state index is 12.8. The highest BCUT2D eigenvalue weighted by molar-refractivity contribution is 5.96. The van der Waals surface area contributed by atoms with E-state index in [4.69, 9.17) is 9.72 Å². The van der Waals surface area contributed by atoms with Gasteiger partial charge in [-0.15, -0.1) is 0 Å². The average Bonchev–Trinajstić information content (AvgIpc) is 3.06. The molecule has 5 nitrogen and oxygen atoms in total. The van der Waals surface area contributed by atoms with Crippen LogP contribution in [0, 0.1) is 6.92 Å². The van der Waals surface area contributed by atoms with Crippen molar-refractivity contribution in [2.45, 2.75) is 13.3 Å². The maximum Gasteiger partial charge on any atom is 0.229 e. The van der Waals surface area contributed by atoms with E-state index >= 15 is 0 Å². The van der Waals surface area contributed by atoms with Gasteiger partial charge in [0.1, 0.15) is 22.9 Å². The van der Waals surface area contributed by atoms with Gasteiger partial charge < -0.3 is 10.1 Å². The van der Waals surface area contributed by atoms with Crippen molar-refractivity contribution in [3.8, 4) is 17.0 Å². The number of carbonyl (C=O) groups is 1. The lowest BCUT2D eigenvalue weighted by atomic mass is 10.1. The number of carbonyl (C=O) groups excluding carboxylic acids is 1. The highest BCUT2D eigenvalue weighted by Crippen LogP contribution is 2.35. The molecule has 2 aromatic heterocycles. The number of aromatic nitrogens is 2. The van der Waals surface area contributed by atoms with Gasteiger partial charge in [0.05, 0.1) is 13.5 Å². The number of anilines is 1. The number of para-hydroxylation sites is 1. The molecule has 0 atom stereocenters. The van der Waals surface area contributed by atoms with Gasteiger partial charge in [-0.2, -0.15) is 0 Å². The first-order valence-electron chi connectivity index (χ1n) is 9.11. The SMILES string of the molecule is COc1ccccc1-c1nc2ccc(C)cn2c1NC(=O)Cc1ccccc1. The van der Waals surface area contributed by atoms with Gasteiger partial charge in [0.2, 0.25) is 5.91 Å². The molecule has 0 aliphatic rings. The number of nitrogens with zero attached hydrogens (tertiary/aromatic N) is 2. The van der Waals surface area contributed by atoms with Crippen molar-refractivity contribution in [2.24, 2.45) is 0 Å². The van der Waals surface area contributed by atoms with Crippen LogP contribution in [0.25, 0.3) is 16.9 Å². The van der Waals surface area contributed by atoms with Gasteiger partial charge in [-0.1, -0.05) is 48.5 Å².